The molecule has 3 N–H and O–H groups in total. The first-order valence-corrected chi connectivity index (χ1v) is 17.4. The summed E-state index contributed by atoms with van der Waals surface area (Å²) in [4.78, 5) is 74.7. The highest BCUT2D eigenvalue weighted by Crippen LogP contribution is 2.40. The van der Waals surface area contributed by atoms with Crippen LogP contribution in [0.1, 0.15) is 104 Å². The minimum absolute atomic E-state index is 0.0469. The van der Waals surface area contributed by atoms with Gasteiger partial charge in [0.05, 0.1) is 18.3 Å². The van der Waals surface area contributed by atoms with Gasteiger partial charge in [-0.1, -0.05) is 82.3 Å². The molecule has 11 nitrogen and oxygen atoms in total. The number of halogens is 1. The fourth-order valence-corrected chi connectivity index (χ4v) is 7.06. The summed E-state index contributed by atoms with van der Waals surface area (Å²) in [6.45, 7) is 9.53. The van der Waals surface area contributed by atoms with Crippen molar-refractivity contribution in [3.63, 3.8) is 0 Å². The molecule has 2 heterocycles. The number of carbonyl (C=O) groups is 5. The fraction of sp³-hybridized carbons (Fsp3) is 0.657. The number of likely N-dealkylation sites (N-methyl/N-ethyl adjacent to an activating group) is 1. The zero-order valence-electron chi connectivity index (χ0n) is 28.3. The Morgan fingerprint density at radius 2 is 1.81 bits per heavy atom. The third-order valence-corrected chi connectivity index (χ3v) is 9.61. The number of carbonyl (C=O) groups excluding carboxylic acids is 5. The van der Waals surface area contributed by atoms with E-state index in [0.29, 0.717) is 35.9 Å². The van der Waals surface area contributed by atoms with Crippen LogP contribution < -0.4 is 16.0 Å². The second kappa shape index (κ2) is 15.6. The first-order valence-electron chi connectivity index (χ1n) is 17.0. The summed E-state index contributed by atoms with van der Waals surface area (Å²) in [6, 6.07) is 4.23. The summed E-state index contributed by atoms with van der Waals surface area (Å²) in [5.41, 5.74) is -0.260. The van der Waals surface area contributed by atoms with E-state index >= 15 is 0 Å². The summed E-state index contributed by atoms with van der Waals surface area (Å²) in [5, 5.41) is 13.2. The van der Waals surface area contributed by atoms with Gasteiger partial charge in [0, 0.05) is 36.4 Å². The molecule has 3 aliphatic rings. The van der Waals surface area contributed by atoms with E-state index in [1.165, 1.54) is 11.3 Å². The van der Waals surface area contributed by atoms with E-state index in [9.17, 15) is 24.0 Å². The highest BCUT2D eigenvalue weighted by atomic mass is 35.5. The monoisotopic (exact) mass is 671 g/mol. The maximum Gasteiger partial charge on any atom is 0.289 e. The van der Waals surface area contributed by atoms with E-state index in [-0.39, 0.29) is 31.8 Å². The minimum atomic E-state index is -1.05. The van der Waals surface area contributed by atoms with Gasteiger partial charge < -0.3 is 25.7 Å². The standard InChI is InChI=1S/C35H50ClN5O6/c1-6-12-25(29(43)32(45)37-7-2)38-31(44)27-20-35(19-26(40-47-35)23-15-11-16-24(36)18-23)21-41(27)33(46)30(34(3,4)5)39-28(42)17-22-13-9-8-10-14-22/h11,15-16,18,22,25,27,30H,6-10,12-14,17,19-21H2,1-5H3,(H,37,45)(H,38,44)(H,39,42)/t25-,27-,30+,35+/m0/s1. The zero-order valence-corrected chi connectivity index (χ0v) is 29.1. The molecule has 1 aromatic carbocycles. The number of amides is 4. The Bertz CT molecular complexity index is 1370. The molecule has 0 radical (unpaired) electrons. The predicted octanol–water partition coefficient (Wildman–Crippen LogP) is 4.30. The molecule has 1 spiro atoms. The first kappa shape index (κ1) is 36.4. The molecule has 2 fully saturated rings. The quantitative estimate of drug-likeness (QED) is 0.283. The summed E-state index contributed by atoms with van der Waals surface area (Å²) in [7, 11) is 0. The van der Waals surface area contributed by atoms with Crippen molar-refractivity contribution in [3.05, 3.63) is 34.9 Å². The molecule has 4 atom stereocenters. The molecular weight excluding hydrogens is 622 g/mol. The van der Waals surface area contributed by atoms with Crippen molar-refractivity contribution in [1.29, 1.82) is 0 Å². The molecule has 1 saturated carbocycles. The molecule has 47 heavy (non-hydrogen) atoms. The van der Waals surface area contributed by atoms with Crippen LogP contribution in [-0.2, 0) is 28.8 Å². The van der Waals surface area contributed by atoms with Crippen molar-refractivity contribution in [1.82, 2.24) is 20.9 Å². The summed E-state index contributed by atoms with van der Waals surface area (Å²) >= 11 is 6.23. The summed E-state index contributed by atoms with van der Waals surface area (Å²) < 4.78 is 0. The van der Waals surface area contributed by atoms with E-state index in [0.717, 1.165) is 31.2 Å². The Hall–Kier alpha value is -3.47. The van der Waals surface area contributed by atoms with Crippen molar-refractivity contribution in [2.75, 3.05) is 13.1 Å². The Morgan fingerprint density at radius 1 is 1.09 bits per heavy atom. The number of ketones is 1. The van der Waals surface area contributed by atoms with Gasteiger partial charge in [0.15, 0.2) is 5.60 Å². The van der Waals surface area contributed by atoms with Gasteiger partial charge in [0.25, 0.3) is 5.91 Å². The number of nitrogens with zero attached hydrogens (tertiary/aromatic N) is 2. The molecular formula is C35H50ClN5O6. The Morgan fingerprint density at radius 3 is 2.45 bits per heavy atom. The van der Waals surface area contributed by atoms with Crippen molar-refractivity contribution >= 4 is 46.7 Å². The average molecular weight is 672 g/mol. The highest BCUT2D eigenvalue weighted by Gasteiger charge is 2.55. The van der Waals surface area contributed by atoms with Crippen molar-refractivity contribution in [2.45, 2.75) is 123 Å². The highest BCUT2D eigenvalue weighted by molar-refractivity contribution is 6.38. The average Bonchev–Trinajstić information content (AvgIpc) is 3.62. The molecule has 2 aliphatic heterocycles. The van der Waals surface area contributed by atoms with Gasteiger partial charge in [-0.05, 0) is 49.7 Å². The molecule has 0 unspecified atom stereocenters. The Kier molecular flexibility index (Phi) is 12.1. The molecule has 4 amide bonds. The zero-order chi connectivity index (χ0) is 34.4. The number of benzene rings is 1. The van der Waals surface area contributed by atoms with Gasteiger partial charge in [0.2, 0.25) is 23.5 Å². The third kappa shape index (κ3) is 9.12. The molecule has 4 rings (SSSR count). The SMILES string of the molecule is CCC[C@H](NC(=O)[C@@H]1C[C@]2(CC(c3cccc(Cl)c3)=NO2)CN1C(=O)[C@@H](NC(=O)CC1CCCCC1)C(C)(C)C)C(=O)C(=O)NCC. The van der Waals surface area contributed by atoms with Crippen molar-refractivity contribution in [3.8, 4) is 0 Å². The number of oxime groups is 1. The molecule has 0 bridgehead atoms. The molecule has 1 saturated heterocycles. The van der Waals surface area contributed by atoms with Crippen LogP contribution in [-0.4, -0.2) is 76.8 Å². The van der Waals surface area contributed by atoms with Gasteiger partial charge in [-0.2, -0.15) is 0 Å². The summed E-state index contributed by atoms with van der Waals surface area (Å²) in [6.07, 6.45) is 6.98. The van der Waals surface area contributed by atoms with Crippen LogP contribution in [0.3, 0.4) is 0 Å². The van der Waals surface area contributed by atoms with Crippen LogP contribution in [0.25, 0.3) is 0 Å². The smallest absolute Gasteiger partial charge is 0.289 e. The normalized spacial score (nSPS) is 22.6. The van der Waals surface area contributed by atoms with Crippen molar-refractivity contribution in [2.24, 2.45) is 16.5 Å². The molecule has 258 valence electrons. The maximum atomic E-state index is 14.5. The second-order valence-corrected chi connectivity index (χ2v) is 14.8. The number of Topliss-reactive ketones (excluding diaryl/α,β-unsaturated/α-hetero) is 1. The van der Waals surface area contributed by atoms with Gasteiger partial charge in [-0.15, -0.1) is 0 Å². The van der Waals surface area contributed by atoms with Crippen LogP contribution in [0.2, 0.25) is 5.02 Å². The first-order chi connectivity index (χ1) is 22.3. The van der Waals surface area contributed by atoms with E-state index in [2.05, 4.69) is 21.1 Å². The van der Waals surface area contributed by atoms with Crippen LogP contribution >= 0.6 is 11.6 Å². The Balaban J connectivity index is 1.60. The molecule has 1 aromatic rings. The van der Waals surface area contributed by atoms with E-state index < -0.39 is 52.6 Å². The third-order valence-electron chi connectivity index (χ3n) is 9.37. The van der Waals surface area contributed by atoms with Gasteiger partial charge in [-0.25, -0.2) is 0 Å². The number of nitrogens with one attached hydrogen (secondary N) is 3. The lowest BCUT2D eigenvalue weighted by Gasteiger charge is -2.36. The number of hydrogen-bond acceptors (Lipinski definition) is 7. The van der Waals surface area contributed by atoms with Crippen LogP contribution in [0.5, 0.6) is 0 Å². The topological polar surface area (TPSA) is 146 Å². The molecule has 12 heteroatoms. The second-order valence-electron chi connectivity index (χ2n) is 14.3. The van der Waals surface area contributed by atoms with E-state index in [1.807, 2.05) is 39.8 Å². The maximum absolute atomic E-state index is 14.5. The van der Waals surface area contributed by atoms with Gasteiger partial charge in [-0.3, -0.25) is 24.0 Å². The van der Waals surface area contributed by atoms with Gasteiger partial charge >= 0.3 is 0 Å². The van der Waals surface area contributed by atoms with Crippen LogP contribution in [0.15, 0.2) is 29.4 Å². The fourth-order valence-electron chi connectivity index (χ4n) is 6.87. The lowest BCUT2D eigenvalue weighted by atomic mass is 9.84. The number of hydrogen-bond donors (Lipinski definition) is 3. The van der Waals surface area contributed by atoms with Crippen molar-refractivity contribution < 1.29 is 28.8 Å². The van der Waals surface area contributed by atoms with Crippen LogP contribution in [0.4, 0.5) is 0 Å². The van der Waals surface area contributed by atoms with Crippen LogP contribution in [0, 0.1) is 11.3 Å². The van der Waals surface area contributed by atoms with E-state index in [4.69, 9.17) is 16.4 Å². The Labute approximate surface area is 282 Å². The number of rotatable bonds is 12. The lowest BCUT2D eigenvalue weighted by Crippen LogP contribution is -2.59. The minimum Gasteiger partial charge on any atom is -0.387 e. The predicted molar refractivity (Wildman–Crippen MR) is 180 cm³/mol. The lowest BCUT2D eigenvalue weighted by molar-refractivity contribution is -0.145. The van der Waals surface area contributed by atoms with Gasteiger partial charge in [0.1, 0.15) is 12.1 Å². The van der Waals surface area contributed by atoms with E-state index in [1.54, 1.807) is 19.1 Å². The largest absolute Gasteiger partial charge is 0.387 e. The number of likely N-dealkylation sites (tertiary alicyclic amines) is 1. The summed E-state index contributed by atoms with van der Waals surface area (Å²) in [5.74, 6) is -2.37. The molecule has 1 aliphatic carbocycles. The molecule has 0 aromatic heterocycles.